The second-order valence-electron chi connectivity index (χ2n) is 4.04. The monoisotopic (exact) mass is 170 g/mol. The van der Waals surface area contributed by atoms with Gasteiger partial charge in [0.25, 0.3) is 0 Å². The summed E-state index contributed by atoms with van der Waals surface area (Å²) >= 11 is 0. The molecule has 2 atom stereocenters. The van der Waals surface area contributed by atoms with Gasteiger partial charge in [0.1, 0.15) is 0 Å². The Bertz CT molecular complexity index is 146. The molecule has 0 saturated heterocycles. The van der Waals surface area contributed by atoms with E-state index in [0.717, 1.165) is 0 Å². The Morgan fingerprint density at radius 2 is 1.75 bits per heavy atom. The molecule has 0 heterocycles. The highest BCUT2D eigenvalue weighted by Gasteiger charge is 2.16. The van der Waals surface area contributed by atoms with Crippen LogP contribution in [0.15, 0.2) is 11.6 Å². The first-order chi connectivity index (χ1) is 5.49. The maximum absolute atomic E-state index is 5.47. The maximum atomic E-state index is 5.47. The van der Waals surface area contributed by atoms with E-state index in [2.05, 4.69) is 46.1 Å². The molecule has 0 aliphatic heterocycles. The first-order valence-electron chi connectivity index (χ1n) is 4.60. The predicted octanol–water partition coefficient (Wildman–Crippen LogP) is 2.08. The molecule has 2 unspecified atom stereocenters. The average molecular weight is 170 g/mol. The Morgan fingerprint density at radius 3 is 2.00 bits per heavy atom. The molecule has 0 rings (SSSR count). The Kier molecular flexibility index (Phi) is 5.18. The van der Waals surface area contributed by atoms with E-state index in [4.69, 9.17) is 5.84 Å². The van der Waals surface area contributed by atoms with Crippen molar-refractivity contribution in [2.75, 3.05) is 0 Å². The Morgan fingerprint density at radius 1 is 1.25 bits per heavy atom. The number of allylic oxidation sites excluding steroid dienone is 1. The second-order valence-corrected chi connectivity index (χ2v) is 4.04. The number of rotatable bonds is 4. The molecule has 0 spiro atoms. The van der Waals surface area contributed by atoms with Crippen LogP contribution in [0.2, 0.25) is 0 Å². The van der Waals surface area contributed by atoms with E-state index in [9.17, 15) is 0 Å². The normalized spacial score (nSPS) is 15.9. The number of hydrazine groups is 1. The van der Waals surface area contributed by atoms with Crippen LogP contribution in [0, 0.1) is 11.8 Å². The zero-order valence-electron chi connectivity index (χ0n) is 8.89. The smallest absolute Gasteiger partial charge is 0.0420 e. The molecule has 0 fully saturated rings. The van der Waals surface area contributed by atoms with Gasteiger partial charge in [-0.1, -0.05) is 32.4 Å². The molecular weight excluding hydrogens is 148 g/mol. The summed E-state index contributed by atoms with van der Waals surface area (Å²) in [4.78, 5) is 0. The minimum Gasteiger partial charge on any atom is -0.271 e. The number of nitrogens with two attached hydrogens (primary N) is 1. The summed E-state index contributed by atoms with van der Waals surface area (Å²) in [5.41, 5.74) is 4.15. The highest BCUT2D eigenvalue weighted by atomic mass is 15.2. The lowest BCUT2D eigenvalue weighted by Gasteiger charge is -2.23. The van der Waals surface area contributed by atoms with Crippen LogP contribution in [0.3, 0.4) is 0 Å². The van der Waals surface area contributed by atoms with E-state index < -0.39 is 0 Å². The van der Waals surface area contributed by atoms with Crippen molar-refractivity contribution < 1.29 is 0 Å². The third-order valence-corrected chi connectivity index (χ3v) is 2.32. The van der Waals surface area contributed by atoms with Gasteiger partial charge >= 0.3 is 0 Å². The molecular formula is C10H22N2. The van der Waals surface area contributed by atoms with Crippen molar-refractivity contribution in [1.82, 2.24) is 5.43 Å². The van der Waals surface area contributed by atoms with Crippen molar-refractivity contribution >= 4 is 0 Å². The lowest BCUT2D eigenvalue weighted by atomic mass is 9.90. The number of hydrogen-bond donors (Lipinski definition) is 2. The Balaban J connectivity index is 4.24. The topological polar surface area (TPSA) is 38.0 Å². The van der Waals surface area contributed by atoms with Crippen molar-refractivity contribution in [3.05, 3.63) is 11.6 Å². The molecule has 0 amide bonds. The Labute approximate surface area is 76.2 Å². The van der Waals surface area contributed by atoms with Gasteiger partial charge in [0.2, 0.25) is 0 Å². The molecule has 0 aromatic carbocycles. The van der Waals surface area contributed by atoms with Crippen molar-refractivity contribution in [1.29, 1.82) is 0 Å². The van der Waals surface area contributed by atoms with Crippen LogP contribution in [0.1, 0.15) is 34.6 Å². The molecule has 0 aliphatic carbocycles. The molecule has 2 heteroatoms. The fraction of sp³-hybridized carbons (Fsp3) is 0.800. The molecule has 0 aromatic rings. The molecule has 0 saturated carbocycles. The standard InChI is InChI=1S/C10H22N2/c1-7(2)6-10(12-11)9(5)8(3)4/h6,8-10,12H,11H2,1-5H3. The highest BCUT2D eigenvalue weighted by Crippen LogP contribution is 2.15. The van der Waals surface area contributed by atoms with Gasteiger partial charge in [0, 0.05) is 6.04 Å². The Hall–Kier alpha value is -0.340. The van der Waals surface area contributed by atoms with Crippen LogP contribution >= 0.6 is 0 Å². The quantitative estimate of drug-likeness (QED) is 0.385. The van der Waals surface area contributed by atoms with Crippen molar-refractivity contribution in [3.8, 4) is 0 Å². The van der Waals surface area contributed by atoms with Crippen LogP contribution in [0.5, 0.6) is 0 Å². The SMILES string of the molecule is CC(C)=CC(NN)C(C)C(C)C. The summed E-state index contributed by atoms with van der Waals surface area (Å²) in [6.45, 7) is 10.8. The summed E-state index contributed by atoms with van der Waals surface area (Å²) in [5, 5.41) is 0. The summed E-state index contributed by atoms with van der Waals surface area (Å²) in [7, 11) is 0. The highest BCUT2D eigenvalue weighted by molar-refractivity contribution is 5.02. The van der Waals surface area contributed by atoms with Crippen molar-refractivity contribution in [2.45, 2.75) is 40.7 Å². The van der Waals surface area contributed by atoms with E-state index in [-0.39, 0.29) is 0 Å². The van der Waals surface area contributed by atoms with Crippen LogP contribution in [-0.4, -0.2) is 6.04 Å². The van der Waals surface area contributed by atoms with Crippen LogP contribution in [-0.2, 0) is 0 Å². The van der Waals surface area contributed by atoms with E-state index in [1.54, 1.807) is 0 Å². The molecule has 0 bridgehead atoms. The number of hydrogen-bond acceptors (Lipinski definition) is 2. The van der Waals surface area contributed by atoms with E-state index in [1.807, 2.05) is 0 Å². The lowest BCUT2D eigenvalue weighted by Crippen LogP contribution is -2.40. The molecule has 0 aromatic heterocycles. The second kappa shape index (κ2) is 5.33. The lowest BCUT2D eigenvalue weighted by molar-refractivity contribution is 0.341. The molecule has 72 valence electrons. The van der Waals surface area contributed by atoms with E-state index >= 15 is 0 Å². The molecule has 12 heavy (non-hydrogen) atoms. The first kappa shape index (κ1) is 11.7. The summed E-state index contributed by atoms with van der Waals surface area (Å²) in [6.07, 6.45) is 2.19. The zero-order valence-corrected chi connectivity index (χ0v) is 8.89. The summed E-state index contributed by atoms with van der Waals surface area (Å²) in [5.74, 6) is 6.69. The van der Waals surface area contributed by atoms with Crippen molar-refractivity contribution in [3.63, 3.8) is 0 Å². The molecule has 3 N–H and O–H groups in total. The van der Waals surface area contributed by atoms with Gasteiger partial charge < -0.3 is 0 Å². The maximum Gasteiger partial charge on any atom is 0.0420 e. The van der Waals surface area contributed by atoms with Gasteiger partial charge in [-0.15, -0.1) is 0 Å². The third kappa shape index (κ3) is 3.88. The fourth-order valence-corrected chi connectivity index (χ4v) is 1.13. The van der Waals surface area contributed by atoms with Crippen LogP contribution < -0.4 is 11.3 Å². The van der Waals surface area contributed by atoms with E-state index in [0.29, 0.717) is 17.9 Å². The summed E-state index contributed by atoms with van der Waals surface area (Å²) in [6, 6.07) is 0.301. The van der Waals surface area contributed by atoms with Gasteiger partial charge in [-0.3, -0.25) is 11.3 Å². The van der Waals surface area contributed by atoms with Gasteiger partial charge in [-0.05, 0) is 25.7 Å². The predicted molar refractivity (Wildman–Crippen MR) is 54.5 cm³/mol. The zero-order chi connectivity index (χ0) is 9.72. The molecule has 0 radical (unpaired) electrons. The summed E-state index contributed by atoms with van der Waals surface area (Å²) < 4.78 is 0. The van der Waals surface area contributed by atoms with E-state index in [1.165, 1.54) is 5.57 Å². The average Bonchev–Trinajstić information content (AvgIpc) is 1.98. The van der Waals surface area contributed by atoms with Gasteiger partial charge in [0.15, 0.2) is 0 Å². The molecule has 2 nitrogen and oxygen atoms in total. The minimum absolute atomic E-state index is 0.301. The third-order valence-electron chi connectivity index (χ3n) is 2.32. The van der Waals surface area contributed by atoms with Crippen LogP contribution in [0.25, 0.3) is 0 Å². The van der Waals surface area contributed by atoms with Crippen molar-refractivity contribution in [2.24, 2.45) is 17.7 Å². The van der Waals surface area contributed by atoms with Gasteiger partial charge in [-0.2, -0.15) is 0 Å². The number of nitrogens with one attached hydrogen (secondary N) is 1. The first-order valence-corrected chi connectivity index (χ1v) is 4.60. The van der Waals surface area contributed by atoms with Gasteiger partial charge in [-0.25, -0.2) is 0 Å². The fourth-order valence-electron chi connectivity index (χ4n) is 1.13. The largest absolute Gasteiger partial charge is 0.271 e. The van der Waals surface area contributed by atoms with Crippen LogP contribution in [0.4, 0.5) is 0 Å². The molecule has 0 aliphatic rings. The van der Waals surface area contributed by atoms with Gasteiger partial charge in [0.05, 0.1) is 0 Å². The minimum atomic E-state index is 0.301.